The van der Waals surface area contributed by atoms with Gasteiger partial charge in [-0.1, -0.05) is 23.1 Å². The van der Waals surface area contributed by atoms with Crippen LogP contribution in [0.3, 0.4) is 0 Å². The van der Waals surface area contributed by atoms with Gasteiger partial charge in [0.15, 0.2) is 0 Å². The Morgan fingerprint density at radius 2 is 2.09 bits per heavy atom. The number of nitrogens with one attached hydrogen (secondary N) is 2. The molecular formula is C21H24N5O4S2-. The summed E-state index contributed by atoms with van der Waals surface area (Å²) in [6, 6.07) is 10.6. The van der Waals surface area contributed by atoms with Crippen LogP contribution in [0.4, 0.5) is 22.2 Å². The summed E-state index contributed by atoms with van der Waals surface area (Å²) in [7, 11) is -1.84. The quantitative estimate of drug-likeness (QED) is 0.378. The average Bonchev–Trinajstić information content (AvgIpc) is 3.29. The summed E-state index contributed by atoms with van der Waals surface area (Å²) in [5.41, 5.74) is 1.56. The van der Waals surface area contributed by atoms with Crippen LogP contribution in [0.5, 0.6) is 0 Å². The first-order valence-electron chi connectivity index (χ1n) is 9.96. The molecule has 1 unspecified atom stereocenters. The van der Waals surface area contributed by atoms with Crippen molar-refractivity contribution >= 4 is 45.5 Å². The maximum atomic E-state index is 12.1. The summed E-state index contributed by atoms with van der Waals surface area (Å²) in [4.78, 5) is 21.8. The number of rotatable bonds is 9. The minimum absolute atomic E-state index is 0.170. The van der Waals surface area contributed by atoms with Crippen molar-refractivity contribution in [3.63, 3.8) is 0 Å². The summed E-state index contributed by atoms with van der Waals surface area (Å²) in [5.74, 6) is 1.05. The zero-order valence-electron chi connectivity index (χ0n) is 17.6. The highest BCUT2D eigenvalue weighted by atomic mass is 32.2. The van der Waals surface area contributed by atoms with Crippen molar-refractivity contribution in [2.75, 3.05) is 23.8 Å². The van der Waals surface area contributed by atoms with Gasteiger partial charge in [0.05, 0.1) is 18.3 Å². The summed E-state index contributed by atoms with van der Waals surface area (Å²) in [5, 5.41) is 17.9. The summed E-state index contributed by atoms with van der Waals surface area (Å²) >= 11 is 1.59. The van der Waals surface area contributed by atoms with Gasteiger partial charge >= 0.3 is 6.09 Å². The molecule has 0 radical (unpaired) electrons. The Morgan fingerprint density at radius 3 is 2.75 bits per heavy atom. The van der Waals surface area contributed by atoms with Crippen LogP contribution in [0, 0.1) is 0 Å². The summed E-state index contributed by atoms with van der Waals surface area (Å²) in [6.45, 7) is 4.13. The number of aromatic nitrogens is 2. The van der Waals surface area contributed by atoms with Crippen LogP contribution in [0.25, 0.3) is 10.4 Å². The number of carbonyl (C=O) groups is 1. The number of ether oxygens (including phenoxy) is 1. The van der Waals surface area contributed by atoms with E-state index in [2.05, 4.69) is 29.7 Å². The van der Waals surface area contributed by atoms with Crippen LogP contribution >= 0.6 is 11.3 Å². The van der Waals surface area contributed by atoms with Gasteiger partial charge in [0.25, 0.3) is 0 Å². The molecule has 3 rings (SSSR count). The van der Waals surface area contributed by atoms with Crippen LogP contribution < -0.4 is 10.6 Å². The molecule has 0 saturated carbocycles. The van der Waals surface area contributed by atoms with E-state index in [-0.39, 0.29) is 6.61 Å². The number of amides is 1. The number of aliphatic hydroxyl groups excluding tert-OH is 1. The second-order valence-corrected chi connectivity index (χ2v) is 8.79. The van der Waals surface area contributed by atoms with E-state index in [1.807, 2.05) is 17.5 Å². The highest BCUT2D eigenvalue weighted by molar-refractivity contribution is 7.75. The van der Waals surface area contributed by atoms with Crippen molar-refractivity contribution in [2.24, 2.45) is 4.36 Å². The zero-order valence-corrected chi connectivity index (χ0v) is 19.3. The minimum atomic E-state index is -1.84. The Hall–Kier alpha value is -3.02. The van der Waals surface area contributed by atoms with E-state index in [0.29, 0.717) is 35.3 Å². The third kappa shape index (κ3) is 6.74. The molecule has 0 aliphatic heterocycles. The number of benzene rings is 1. The number of aliphatic hydroxyl groups is 1. The third-order valence-corrected chi connectivity index (χ3v) is 6.06. The van der Waals surface area contributed by atoms with Gasteiger partial charge in [0, 0.05) is 23.3 Å². The van der Waals surface area contributed by atoms with Crippen molar-refractivity contribution in [1.82, 2.24) is 9.97 Å². The minimum Gasteiger partial charge on any atom is -0.450 e. The van der Waals surface area contributed by atoms with Gasteiger partial charge < -0.3 is 24.7 Å². The maximum Gasteiger partial charge on any atom is 0.410 e. The Kier molecular flexibility index (Phi) is 8.54. The molecule has 1 atom stereocenters. The van der Waals surface area contributed by atoms with Crippen LogP contribution in [-0.4, -0.2) is 40.4 Å². The molecular weight excluding hydrogens is 450 g/mol. The number of anilines is 3. The first-order chi connectivity index (χ1) is 15.5. The average molecular weight is 475 g/mol. The molecule has 0 aliphatic rings. The highest BCUT2D eigenvalue weighted by Crippen LogP contribution is 2.31. The maximum absolute atomic E-state index is 12.1. The fourth-order valence-electron chi connectivity index (χ4n) is 2.64. The molecule has 0 saturated heterocycles. The van der Waals surface area contributed by atoms with E-state index in [1.54, 1.807) is 55.6 Å². The standard InChI is InChI=1S/C21H24N5O4S2/c1-3-30-21(28)26-32(29)16-8-6-15(7-9-16)24-20-23-13-17(18-5-4-12-31-18)19(25-20)22-11-10-14(2)27/h4-9,12-14,27H,3,10-11H2,1-2H3,(H2,22,23,24,25)/q-1. The van der Waals surface area contributed by atoms with Crippen molar-refractivity contribution in [3.05, 3.63) is 48.0 Å². The van der Waals surface area contributed by atoms with Crippen molar-refractivity contribution in [1.29, 1.82) is 0 Å². The molecule has 9 nitrogen and oxygen atoms in total. The van der Waals surface area contributed by atoms with E-state index < -0.39 is 22.8 Å². The molecule has 1 aromatic carbocycles. The fourth-order valence-corrected chi connectivity index (χ4v) is 4.04. The topological polar surface area (TPSA) is 126 Å². The van der Waals surface area contributed by atoms with Gasteiger partial charge in [-0.2, -0.15) is 4.98 Å². The van der Waals surface area contributed by atoms with Gasteiger partial charge in [-0.3, -0.25) is 4.36 Å². The molecule has 11 heteroatoms. The lowest BCUT2D eigenvalue weighted by Gasteiger charge is -2.13. The molecule has 0 spiro atoms. The third-order valence-electron chi connectivity index (χ3n) is 4.17. The Balaban J connectivity index is 1.76. The van der Waals surface area contributed by atoms with Gasteiger partial charge in [-0.25, -0.2) is 9.78 Å². The van der Waals surface area contributed by atoms with E-state index in [0.717, 1.165) is 10.4 Å². The van der Waals surface area contributed by atoms with Crippen LogP contribution in [0.15, 0.2) is 57.2 Å². The van der Waals surface area contributed by atoms with Crippen LogP contribution in [0.2, 0.25) is 0 Å². The van der Waals surface area contributed by atoms with E-state index >= 15 is 0 Å². The molecule has 3 N–H and O–H groups in total. The molecule has 170 valence electrons. The van der Waals surface area contributed by atoms with Crippen molar-refractivity contribution < 1.29 is 18.8 Å². The molecule has 0 bridgehead atoms. The van der Waals surface area contributed by atoms with E-state index in [9.17, 15) is 14.1 Å². The molecule has 0 fully saturated rings. The summed E-state index contributed by atoms with van der Waals surface area (Å²) in [6.07, 6.45) is 1.06. The predicted octanol–water partition coefficient (Wildman–Crippen LogP) is 4.79. The smallest absolute Gasteiger partial charge is 0.410 e. The van der Waals surface area contributed by atoms with Crippen LogP contribution in [0.1, 0.15) is 20.3 Å². The van der Waals surface area contributed by atoms with Crippen LogP contribution in [-0.2, 0) is 19.5 Å². The highest BCUT2D eigenvalue weighted by Gasteiger charge is 2.11. The first kappa shape index (κ1) is 23.6. The second-order valence-electron chi connectivity index (χ2n) is 6.69. The van der Waals surface area contributed by atoms with E-state index in [4.69, 9.17) is 0 Å². The molecule has 2 aromatic heterocycles. The van der Waals surface area contributed by atoms with Gasteiger partial charge in [0.1, 0.15) is 5.82 Å². The lowest BCUT2D eigenvalue weighted by Crippen LogP contribution is -2.12. The number of thiophene rings is 1. The van der Waals surface area contributed by atoms with E-state index in [1.165, 1.54) is 0 Å². The predicted molar refractivity (Wildman–Crippen MR) is 126 cm³/mol. The number of hydrogen-bond donors (Lipinski definition) is 3. The number of carbonyl (C=O) groups excluding carboxylic acids is 1. The molecule has 1 amide bonds. The Bertz CT molecular complexity index is 1110. The fraction of sp³-hybridized carbons (Fsp3) is 0.286. The molecule has 32 heavy (non-hydrogen) atoms. The Morgan fingerprint density at radius 1 is 1.31 bits per heavy atom. The lowest BCUT2D eigenvalue weighted by atomic mass is 10.2. The van der Waals surface area contributed by atoms with Crippen molar-refractivity contribution in [2.45, 2.75) is 31.3 Å². The molecule has 3 aromatic rings. The zero-order chi connectivity index (χ0) is 22.9. The van der Waals surface area contributed by atoms with Gasteiger partial charge in [0.2, 0.25) is 5.95 Å². The molecule has 2 heterocycles. The molecule has 0 aliphatic carbocycles. The SMILES string of the molecule is CCOC(=O)N=[S-](=O)c1ccc(Nc2ncc(-c3cccs3)c(NCCC(C)O)n2)cc1. The number of nitrogens with zero attached hydrogens (tertiary/aromatic N) is 3. The van der Waals surface area contributed by atoms with Gasteiger partial charge in [-0.05, 0) is 43.8 Å². The second kappa shape index (κ2) is 11.6. The monoisotopic (exact) mass is 474 g/mol. The largest absolute Gasteiger partial charge is 0.450 e. The number of hydrogen-bond acceptors (Lipinski definition) is 10. The first-order valence-corrected chi connectivity index (χ1v) is 11.9. The normalized spacial score (nSPS) is 12.8. The summed E-state index contributed by atoms with van der Waals surface area (Å²) < 4.78 is 20.3. The van der Waals surface area contributed by atoms with Crippen molar-refractivity contribution in [3.8, 4) is 10.4 Å². The van der Waals surface area contributed by atoms with Gasteiger partial charge in [-0.15, -0.1) is 21.9 Å². The Labute approximate surface area is 192 Å². The lowest BCUT2D eigenvalue weighted by molar-refractivity contribution is 0.164.